The minimum absolute atomic E-state index is 0. The molecule has 1 aliphatic heterocycles. The molecule has 1 aromatic carbocycles. The van der Waals surface area contributed by atoms with Crippen LogP contribution in [-0.2, 0) is 17.9 Å². The molecule has 0 fully saturated rings. The predicted molar refractivity (Wildman–Crippen MR) is 130 cm³/mol. The van der Waals surface area contributed by atoms with Gasteiger partial charge >= 0.3 is 0 Å². The molecule has 1 atom stereocenters. The maximum Gasteiger partial charge on any atom is 0.247 e. The van der Waals surface area contributed by atoms with Gasteiger partial charge in [0, 0.05) is 31.4 Å². The van der Waals surface area contributed by atoms with E-state index in [-0.39, 0.29) is 37.2 Å². The van der Waals surface area contributed by atoms with Crippen LogP contribution in [0.2, 0.25) is 0 Å². The summed E-state index contributed by atoms with van der Waals surface area (Å²) < 4.78 is 14.9. The number of carbonyl (C=O) groups is 1. The van der Waals surface area contributed by atoms with E-state index in [0.717, 1.165) is 34.0 Å². The summed E-state index contributed by atoms with van der Waals surface area (Å²) in [4.78, 5) is 19.1. The number of rotatable bonds is 6. The Morgan fingerprint density at radius 3 is 2.62 bits per heavy atom. The number of likely N-dealkylation sites (N-methyl/N-ethyl adjacent to an activating group) is 1. The summed E-state index contributed by atoms with van der Waals surface area (Å²) >= 11 is 0. The lowest BCUT2D eigenvalue weighted by atomic mass is 9.98. The predicted octanol–water partition coefficient (Wildman–Crippen LogP) is 3.91. The second kappa shape index (κ2) is 9.60. The summed E-state index contributed by atoms with van der Waals surface area (Å²) in [7, 11) is 1.95. The molecule has 4 rings (SSSR count). The maximum atomic E-state index is 13.1. The number of hydrogen-bond acceptors (Lipinski definition) is 5. The third-order valence-electron chi connectivity index (χ3n) is 5.54. The molecule has 1 amide bonds. The van der Waals surface area contributed by atoms with E-state index < -0.39 is 0 Å². The highest BCUT2D eigenvalue weighted by Crippen LogP contribution is 2.36. The normalized spacial score (nSPS) is 15.2. The fourth-order valence-corrected chi connectivity index (χ4v) is 4.01. The molecule has 2 aromatic heterocycles. The molecule has 0 spiro atoms. The molecule has 170 valence electrons. The van der Waals surface area contributed by atoms with Crippen LogP contribution in [0.5, 0.6) is 0 Å². The van der Waals surface area contributed by atoms with Gasteiger partial charge in [-0.2, -0.15) is 18.6 Å². The Kier molecular flexibility index (Phi) is 7.08. The molecule has 0 unspecified atom stereocenters. The summed E-state index contributed by atoms with van der Waals surface area (Å²) in [5.41, 5.74) is 4.50. The zero-order valence-corrected chi connectivity index (χ0v) is 19.7. The lowest BCUT2D eigenvalue weighted by molar-refractivity contribution is -0.118. The molecule has 9 heteroatoms. The van der Waals surface area contributed by atoms with E-state index >= 15 is 0 Å². The largest absolute Gasteiger partial charge is 0.366 e. The summed E-state index contributed by atoms with van der Waals surface area (Å²) in [6, 6.07) is 8.18. The van der Waals surface area contributed by atoms with Gasteiger partial charge in [0.15, 0.2) is 0 Å². The van der Waals surface area contributed by atoms with Crippen molar-refractivity contribution < 1.29 is 9.18 Å². The quantitative estimate of drug-likeness (QED) is 0.588. The molecule has 0 saturated heterocycles. The maximum absolute atomic E-state index is 13.1. The SMILES string of the molecule is Cc1nc(NCc2cnn(Cc3ccc(F)cc3)c2)cc2c1NC(=O)[C@H](C(C)C)N2C.S. The van der Waals surface area contributed by atoms with Gasteiger partial charge < -0.3 is 15.5 Å². The van der Waals surface area contributed by atoms with Crippen LogP contribution in [0.1, 0.15) is 30.7 Å². The van der Waals surface area contributed by atoms with Crippen LogP contribution in [0.4, 0.5) is 21.6 Å². The summed E-state index contributed by atoms with van der Waals surface area (Å²) in [5.74, 6) is 0.694. The zero-order chi connectivity index (χ0) is 22.1. The molecule has 32 heavy (non-hydrogen) atoms. The third kappa shape index (κ3) is 4.88. The first kappa shape index (κ1) is 23.6. The monoisotopic (exact) mass is 456 g/mol. The van der Waals surface area contributed by atoms with Crippen LogP contribution in [0.3, 0.4) is 0 Å². The fraction of sp³-hybridized carbons (Fsp3) is 0.348. The van der Waals surface area contributed by atoms with Gasteiger partial charge in [0.2, 0.25) is 5.91 Å². The van der Waals surface area contributed by atoms with E-state index in [0.29, 0.717) is 13.1 Å². The highest BCUT2D eigenvalue weighted by molar-refractivity contribution is 7.59. The fourth-order valence-electron chi connectivity index (χ4n) is 4.01. The van der Waals surface area contributed by atoms with E-state index in [1.807, 2.05) is 55.9 Å². The van der Waals surface area contributed by atoms with Crippen molar-refractivity contribution in [1.29, 1.82) is 0 Å². The molecule has 0 saturated carbocycles. The lowest BCUT2D eigenvalue weighted by Gasteiger charge is -2.38. The van der Waals surface area contributed by atoms with Crippen LogP contribution in [-0.4, -0.2) is 33.8 Å². The van der Waals surface area contributed by atoms with Crippen LogP contribution in [0.25, 0.3) is 0 Å². The molecule has 7 nitrogen and oxygen atoms in total. The van der Waals surface area contributed by atoms with Gasteiger partial charge in [0.25, 0.3) is 0 Å². The van der Waals surface area contributed by atoms with Crippen LogP contribution in [0.15, 0.2) is 42.7 Å². The molecule has 0 radical (unpaired) electrons. The van der Waals surface area contributed by atoms with Crippen molar-refractivity contribution in [3.05, 3.63) is 65.4 Å². The standard InChI is InChI=1S/C23H27FN6O.H2S/c1-14(2)22-23(31)28-21-15(3)27-20(9-19(21)29(22)4)25-10-17-11-26-30(13-17)12-16-5-7-18(24)8-6-16;/h5-9,11,13-14,22H,10,12H2,1-4H3,(H,25,27)(H,28,31);1H2/t22-;/m0./s1. The number of benzene rings is 1. The summed E-state index contributed by atoms with van der Waals surface area (Å²) in [6.45, 7) is 7.13. The minimum Gasteiger partial charge on any atom is -0.366 e. The second-order valence-electron chi connectivity index (χ2n) is 8.30. The van der Waals surface area contributed by atoms with Gasteiger partial charge in [-0.1, -0.05) is 26.0 Å². The number of nitrogens with one attached hydrogen (secondary N) is 2. The lowest BCUT2D eigenvalue weighted by Crippen LogP contribution is -2.49. The number of pyridine rings is 1. The molecule has 0 aliphatic carbocycles. The van der Waals surface area contributed by atoms with E-state index in [4.69, 9.17) is 0 Å². The van der Waals surface area contributed by atoms with E-state index in [1.54, 1.807) is 12.1 Å². The Morgan fingerprint density at radius 2 is 1.94 bits per heavy atom. The van der Waals surface area contributed by atoms with Crippen molar-refractivity contribution in [2.75, 3.05) is 22.6 Å². The van der Waals surface area contributed by atoms with Crippen molar-refractivity contribution in [2.45, 2.75) is 39.9 Å². The molecule has 0 bridgehead atoms. The van der Waals surface area contributed by atoms with Gasteiger partial charge in [-0.15, -0.1) is 0 Å². The summed E-state index contributed by atoms with van der Waals surface area (Å²) in [6.07, 6.45) is 3.77. The van der Waals surface area contributed by atoms with E-state index in [2.05, 4.69) is 20.7 Å². The first-order valence-electron chi connectivity index (χ1n) is 10.4. The average molecular weight is 457 g/mol. The average Bonchev–Trinajstić information content (AvgIpc) is 3.16. The van der Waals surface area contributed by atoms with Gasteiger partial charge in [-0.3, -0.25) is 9.48 Å². The van der Waals surface area contributed by atoms with Gasteiger partial charge in [0.05, 0.1) is 29.8 Å². The van der Waals surface area contributed by atoms with Crippen molar-refractivity contribution in [2.24, 2.45) is 5.92 Å². The van der Waals surface area contributed by atoms with E-state index in [1.165, 1.54) is 12.1 Å². The van der Waals surface area contributed by atoms with Gasteiger partial charge in [-0.25, -0.2) is 9.37 Å². The van der Waals surface area contributed by atoms with Crippen LogP contribution in [0, 0.1) is 18.7 Å². The van der Waals surface area contributed by atoms with Crippen LogP contribution < -0.4 is 15.5 Å². The molecular weight excluding hydrogens is 427 g/mol. The topological polar surface area (TPSA) is 75.1 Å². The summed E-state index contributed by atoms with van der Waals surface area (Å²) in [5, 5.41) is 10.8. The van der Waals surface area contributed by atoms with E-state index in [9.17, 15) is 9.18 Å². The van der Waals surface area contributed by atoms with Gasteiger partial charge in [0.1, 0.15) is 17.7 Å². The highest BCUT2D eigenvalue weighted by Gasteiger charge is 2.34. The Bertz CT molecular complexity index is 1100. The molecule has 2 N–H and O–H groups in total. The van der Waals surface area contributed by atoms with Gasteiger partial charge in [-0.05, 0) is 30.5 Å². The zero-order valence-electron chi connectivity index (χ0n) is 18.7. The number of fused-ring (bicyclic) bond motifs is 1. The van der Waals surface area contributed by atoms with Crippen molar-refractivity contribution in [3.8, 4) is 0 Å². The molecule has 3 heterocycles. The number of nitrogens with zero attached hydrogens (tertiary/aromatic N) is 4. The number of halogens is 1. The third-order valence-corrected chi connectivity index (χ3v) is 5.54. The number of anilines is 3. The number of hydrogen-bond donors (Lipinski definition) is 2. The minimum atomic E-state index is -0.244. The first-order chi connectivity index (χ1) is 14.8. The van der Waals surface area contributed by atoms with Crippen molar-refractivity contribution >= 4 is 36.6 Å². The second-order valence-corrected chi connectivity index (χ2v) is 8.30. The Labute approximate surface area is 194 Å². The molecule has 1 aliphatic rings. The Balaban J connectivity index is 0.00000289. The molecule has 3 aromatic rings. The Hall–Kier alpha value is -3.07. The Morgan fingerprint density at radius 1 is 1.22 bits per heavy atom. The highest BCUT2D eigenvalue weighted by atomic mass is 32.1. The van der Waals surface area contributed by atoms with Crippen LogP contribution >= 0.6 is 13.5 Å². The van der Waals surface area contributed by atoms with Crippen molar-refractivity contribution in [1.82, 2.24) is 14.8 Å². The number of aryl methyl sites for hydroxylation is 1. The number of amides is 1. The van der Waals surface area contributed by atoms with Crippen molar-refractivity contribution in [3.63, 3.8) is 0 Å². The number of carbonyl (C=O) groups excluding carboxylic acids is 1. The first-order valence-corrected chi connectivity index (χ1v) is 10.4. The number of aromatic nitrogens is 3. The smallest absolute Gasteiger partial charge is 0.247 e. The molecular formula is C23H29FN6OS.